The van der Waals surface area contributed by atoms with Crippen molar-refractivity contribution in [1.82, 2.24) is 10.3 Å². The van der Waals surface area contributed by atoms with Gasteiger partial charge in [-0.05, 0) is 37.8 Å². The third-order valence-corrected chi connectivity index (χ3v) is 3.57. The average Bonchev–Trinajstić information content (AvgIpc) is 2.48. The Balaban J connectivity index is 1.95. The van der Waals surface area contributed by atoms with Crippen molar-refractivity contribution in [2.45, 2.75) is 25.8 Å². The first-order valence-electron chi connectivity index (χ1n) is 6.66. The summed E-state index contributed by atoms with van der Waals surface area (Å²) in [6.45, 7) is 3.44. The van der Waals surface area contributed by atoms with Crippen LogP contribution in [0.25, 0.3) is 0 Å². The van der Waals surface area contributed by atoms with Gasteiger partial charge < -0.3 is 15.2 Å². The van der Waals surface area contributed by atoms with Gasteiger partial charge in [0.25, 0.3) is 5.91 Å². The molecule has 6 nitrogen and oxygen atoms in total. The van der Waals surface area contributed by atoms with E-state index in [9.17, 15) is 9.59 Å². The average molecular weight is 278 g/mol. The van der Waals surface area contributed by atoms with Crippen LogP contribution in [0.15, 0.2) is 18.3 Å². The minimum absolute atomic E-state index is 0.0485. The Morgan fingerprint density at radius 3 is 2.65 bits per heavy atom. The molecule has 20 heavy (non-hydrogen) atoms. The second-order valence-corrected chi connectivity index (χ2v) is 4.95. The molecule has 2 N–H and O–H groups in total. The number of nitrogens with one attached hydrogen (secondary N) is 1. The Bertz CT molecular complexity index is 480. The minimum atomic E-state index is -1.06. The van der Waals surface area contributed by atoms with Gasteiger partial charge in [0, 0.05) is 25.5 Å². The van der Waals surface area contributed by atoms with Gasteiger partial charge in [-0.3, -0.25) is 9.78 Å². The van der Waals surface area contributed by atoms with Crippen molar-refractivity contribution >= 4 is 11.9 Å². The summed E-state index contributed by atoms with van der Waals surface area (Å²) in [6.07, 6.45) is 3.07. The summed E-state index contributed by atoms with van der Waals surface area (Å²) < 4.78 is 5.29. The molecule has 0 spiro atoms. The van der Waals surface area contributed by atoms with E-state index in [1.54, 1.807) is 0 Å². The highest BCUT2D eigenvalue weighted by Crippen LogP contribution is 2.18. The Morgan fingerprint density at radius 2 is 2.10 bits per heavy atom. The number of amides is 1. The van der Waals surface area contributed by atoms with Gasteiger partial charge in [0.2, 0.25) is 0 Å². The van der Waals surface area contributed by atoms with E-state index in [4.69, 9.17) is 9.84 Å². The van der Waals surface area contributed by atoms with Crippen LogP contribution in [-0.2, 0) is 4.74 Å². The smallest absolute Gasteiger partial charge is 0.337 e. The molecule has 0 bridgehead atoms. The molecule has 1 atom stereocenters. The quantitative estimate of drug-likeness (QED) is 0.867. The van der Waals surface area contributed by atoms with Gasteiger partial charge in [0.15, 0.2) is 0 Å². The number of nitrogens with zero attached hydrogens (tertiary/aromatic N) is 1. The zero-order chi connectivity index (χ0) is 14.5. The van der Waals surface area contributed by atoms with Crippen molar-refractivity contribution in [3.8, 4) is 0 Å². The van der Waals surface area contributed by atoms with E-state index in [2.05, 4.69) is 10.3 Å². The largest absolute Gasteiger partial charge is 0.478 e. The first-order chi connectivity index (χ1) is 9.58. The fraction of sp³-hybridized carbons (Fsp3) is 0.500. The van der Waals surface area contributed by atoms with E-state index in [0.717, 1.165) is 26.1 Å². The first kappa shape index (κ1) is 14.5. The van der Waals surface area contributed by atoms with E-state index < -0.39 is 5.97 Å². The van der Waals surface area contributed by atoms with E-state index in [0.29, 0.717) is 5.92 Å². The lowest BCUT2D eigenvalue weighted by Crippen LogP contribution is -2.40. The first-order valence-corrected chi connectivity index (χ1v) is 6.66. The molecule has 1 aliphatic heterocycles. The molecule has 1 unspecified atom stereocenters. The zero-order valence-corrected chi connectivity index (χ0v) is 11.3. The van der Waals surface area contributed by atoms with E-state index in [1.807, 2.05) is 6.92 Å². The number of carboxylic acid groups (broad SMARTS) is 1. The highest BCUT2D eigenvalue weighted by molar-refractivity contribution is 5.93. The Hall–Kier alpha value is -1.95. The highest BCUT2D eigenvalue weighted by Gasteiger charge is 2.22. The van der Waals surface area contributed by atoms with Crippen molar-refractivity contribution in [1.29, 1.82) is 0 Å². The molecule has 0 saturated carbocycles. The maximum atomic E-state index is 12.0. The molecule has 1 aromatic heterocycles. The molecular weight excluding hydrogens is 260 g/mol. The maximum Gasteiger partial charge on any atom is 0.337 e. The monoisotopic (exact) mass is 278 g/mol. The number of aromatic carboxylic acids is 1. The number of aromatic nitrogens is 1. The molecule has 0 radical (unpaired) electrons. The minimum Gasteiger partial charge on any atom is -0.478 e. The Morgan fingerprint density at radius 1 is 1.40 bits per heavy atom. The highest BCUT2D eigenvalue weighted by atomic mass is 16.5. The predicted molar refractivity (Wildman–Crippen MR) is 71.7 cm³/mol. The van der Waals surface area contributed by atoms with Gasteiger partial charge >= 0.3 is 5.97 Å². The molecule has 2 rings (SSSR count). The lowest BCUT2D eigenvalue weighted by atomic mass is 9.93. The molecule has 6 heteroatoms. The summed E-state index contributed by atoms with van der Waals surface area (Å²) >= 11 is 0. The van der Waals surface area contributed by atoms with Crippen LogP contribution in [0.2, 0.25) is 0 Å². The van der Waals surface area contributed by atoms with Crippen LogP contribution in [0.1, 0.15) is 40.6 Å². The summed E-state index contributed by atoms with van der Waals surface area (Å²) in [4.78, 5) is 26.6. The van der Waals surface area contributed by atoms with E-state index in [-0.39, 0.29) is 23.2 Å². The molecule has 1 fully saturated rings. The second-order valence-electron chi connectivity index (χ2n) is 4.95. The lowest BCUT2D eigenvalue weighted by molar-refractivity contribution is 0.0537. The number of ether oxygens (including phenoxy) is 1. The standard InChI is InChI=1S/C14H18N2O4/c1-9(10-4-6-20-7-5-10)16-13(17)12-3-2-11(8-15-12)14(18)19/h2-3,8-10H,4-7H2,1H3,(H,16,17)(H,18,19). The van der Waals surface area contributed by atoms with Gasteiger partial charge in [0.1, 0.15) is 5.69 Å². The van der Waals surface area contributed by atoms with E-state index >= 15 is 0 Å². The molecule has 2 heterocycles. The molecule has 0 aromatic carbocycles. The maximum absolute atomic E-state index is 12.0. The van der Waals surface area contributed by atoms with Crippen LogP contribution >= 0.6 is 0 Å². The van der Waals surface area contributed by atoms with Crippen molar-refractivity contribution in [2.75, 3.05) is 13.2 Å². The fourth-order valence-electron chi connectivity index (χ4n) is 2.27. The van der Waals surface area contributed by atoms with E-state index in [1.165, 1.54) is 18.3 Å². The molecule has 1 saturated heterocycles. The summed E-state index contributed by atoms with van der Waals surface area (Å²) in [5.41, 5.74) is 0.299. The molecular formula is C14H18N2O4. The second kappa shape index (κ2) is 6.47. The van der Waals surface area contributed by atoms with Crippen molar-refractivity contribution in [3.63, 3.8) is 0 Å². The molecule has 1 amide bonds. The number of hydrogen-bond donors (Lipinski definition) is 2. The van der Waals surface area contributed by atoms with Gasteiger partial charge in [-0.15, -0.1) is 0 Å². The molecule has 0 aliphatic carbocycles. The third-order valence-electron chi connectivity index (χ3n) is 3.57. The normalized spacial score (nSPS) is 17.4. The summed E-state index contributed by atoms with van der Waals surface area (Å²) in [7, 11) is 0. The predicted octanol–water partition coefficient (Wildman–Crippen LogP) is 1.32. The summed E-state index contributed by atoms with van der Waals surface area (Å²) in [6, 6.07) is 2.85. The Labute approximate surface area is 117 Å². The van der Waals surface area contributed by atoms with Crippen LogP contribution in [0.3, 0.4) is 0 Å². The van der Waals surface area contributed by atoms with Gasteiger partial charge in [-0.1, -0.05) is 0 Å². The van der Waals surface area contributed by atoms with Crippen LogP contribution in [-0.4, -0.2) is 41.2 Å². The third kappa shape index (κ3) is 3.54. The number of hydrogen-bond acceptors (Lipinski definition) is 4. The van der Waals surface area contributed by atoms with Crippen molar-refractivity contribution in [3.05, 3.63) is 29.6 Å². The number of carbonyl (C=O) groups is 2. The number of rotatable bonds is 4. The van der Waals surface area contributed by atoms with Crippen molar-refractivity contribution < 1.29 is 19.4 Å². The van der Waals surface area contributed by atoms with Crippen molar-refractivity contribution in [2.24, 2.45) is 5.92 Å². The Kier molecular flexibility index (Phi) is 4.68. The van der Waals surface area contributed by atoms with Crippen LogP contribution in [0, 0.1) is 5.92 Å². The van der Waals surface area contributed by atoms with Gasteiger partial charge in [0.05, 0.1) is 5.56 Å². The number of carboxylic acids is 1. The number of carbonyl (C=O) groups excluding carboxylic acids is 1. The molecule has 1 aliphatic rings. The SMILES string of the molecule is CC(NC(=O)c1ccc(C(=O)O)cn1)C1CCOCC1. The van der Waals surface area contributed by atoms with Crippen LogP contribution in [0.5, 0.6) is 0 Å². The number of pyridine rings is 1. The van der Waals surface area contributed by atoms with Gasteiger partial charge in [-0.25, -0.2) is 4.79 Å². The molecule has 108 valence electrons. The fourth-order valence-corrected chi connectivity index (χ4v) is 2.27. The van der Waals surface area contributed by atoms with Crippen LogP contribution in [0.4, 0.5) is 0 Å². The molecule has 1 aromatic rings. The van der Waals surface area contributed by atoms with Gasteiger partial charge in [-0.2, -0.15) is 0 Å². The zero-order valence-electron chi connectivity index (χ0n) is 11.3. The summed E-state index contributed by atoms with van der Waals surface area (Å²) in [5.74, 6) is -0.924. The van der Waals surface area contributed by atoms with Crippen LogP contribution < -0.4 is 5.32 Å². The summed E-state index contributed by atoms with van der Waals surface area (Å²) in [5, 5.41) is 11.7. The lowest BCUT2D eigenvalue weighted by Gasteiger charge is -2.28. The topological polar surface area (TPSA) is 88.5 Å².